The fourth-order valence-electron chi connectivity index (χ4n) is 4.25. The number of nitrogens with two attached hydrogens (primary N) is 1. The van der Waals surface area contributed by atoms with Gasteiger partial charge in [-0.1, -0.05) is 58.4 Å². The van der Waals surface area contributed by atoms with Crippen molar-refractivity contribution < 1.29 is 4.74 Å². The minimum absolute atomic E-state index is 0.199. The Morgan fingerprint density at radius 3 is 2.35 bits per heavy atom. The number of halogens is 1. The number of benzene rings is 2. The van der Waals surface area contributed by atoms with Crippen LogP contribution in [0.5, 0.6) is 0 Å². The summed E-state index contributed by atoms with van der Waals surface area (Å²) in [6.45, 7) is 3.03. The number of rotatable bonds is 4. The molecule has 7 heteroatoms. The van der Waals surface area contributed by atoms with Gasteiger partial charge in [0, 0.05) is 40.4 Å². The lowest BCUT2D eigenvalue weighted by molar-refractivity contribution is 0.122. The molecule has 2 N–H and O–H groups in total. The van der Waals surface area contributed by atoms with Gasteiger partial charge in [0.1, 0.15) is 23.3 Å². The minimum Gasteiger partial charge on any atom is -0.383 e. The summed E-state index contributed by atoms with van der Waals surface area (Å²) in [6, 6.07) is 24.2. The van der Waals surface area contributed by atoms with Crippen LogP contribution in [-0.2, 0) is 4.74 Å². The highest BCUT2D eigenvalue weighted by Crippen LogP contribution is 2.43. The van der Waals surface area contributed by atoms with Crippen molar-refractivity contribution in [3.05, 3.63) is 83.0 Å². The number of aromatic nitrogens is 2. The van der Waals surface area contributed by atoms with E-state index in [9.17, 15) is 5.26 Å². The fourth-order valence-corrected chi connectivity index (χ4v) is 4.65. The molecule has 0 radical (unpaired) electrons. The third kappa shape index (κ3) is 4.26. The summed E-state index contributed by atoms with van der Waals surface area (Å²) < 4.78 is 6.37. The standard InChI is InChI=1S/C27H22BrN5O/c28-21-8-4-7-19(15-21)24-22(16-29)27(30)32-26(25(24)18-5-2-1-3-6-18)20-9-10-23(31-17-20)33-11-13-34-14-12-33/h1-10,15,17H,11-14H2,(H2,30,32). The molecule has 0 unspecified atom stereocenters. The van der Waals surface area contributed by atoms with Gasteiger partial charge in [0.05, 0.1) is 18.9 Å². The van der Waals surface area contributed by atoms with E-state index >= 15 is 0 Å². The Morgan fingerprint density at radius 1 is 0.912 bits per heavy atom. The Hall–Kier alpha value is -3.73. The van der Waals surface area contributed by atoms with E-state index in [1.54, 1.807) is 0 Å². The maximum Gasteiger partial charge on any atom is 0.142 e. The van der Waals surface area contributed by atoms with Crippen molar-refractivity contribution in [1.82, 2.24) is 9.97 Å². The van der Waals surface area contributed by atoms with Crippen LogP contribution in [0.3, 0.4) is 0 Å². The molecule has 2 aromatic heterocycles. The van der Waals surface area contributed by atoms with Crippen molar-refractivity contribution in [2.24, 2.45) is 0 Å². The van der Waals surface area contributed by atoms with E-state index in [1.807, 2.05) is 72.9 Å². The lowest BCUT2D eigenvalue weighted by Crippen LogP contribution is -2.36. The van der Waals surface area contributed by atoms with Gasteiger partial charge in [0.25, 0.3) is 0 Å². The van der Waals surface area contributed by atoms with Gasteiger partial charge in [-0.05, 0) is 35.4 Å². The molecule has 34 heavy (non-hydrogen) atoms. The molecular formula is C27H22BrN5O. The summed E-state index contributed by atoms with van der Waals surface area (Å²) in [6.07, 6.45) is 1.83. The van der Waals surface area contributed by atoms with E-state index in [0.29, 0.717) is 24.5 Å². The summed E-state index contributed by atoms with van der Waals surface area (Å²) in [5.74, 6) is 1.10. The van der Waals surface area contributed by atoms with Crippen molar-refractivity contribution in [1.29, 1.82) is 5.26 Å². The van der Waals surface area contributed by atoms with Crippen LogP contribution in [0.2, 0.25) is 0 Å². The average Bonchev–Trinajstić information content (AvgIpc) is 2.89. The molecule has 4 aromatic rings. The molecule has 1 saturated heterocycles. The van der Waals surface area contributed by atoms with E-state index in [-0.39, 0.29) is 5.82 Å². The summed E-state index contributed by atoms with van der Waals surface area (Å²) in [4.78, 5) is 11.6. The molecule has 0 saturated carbocycles. The van der Waals surface area contributed by atoms with E-state index in [4.69, 9.17) is 20.4 Å². The Labute approximate surface area is 206 Å². The molecule has 6 nitrogen and oxygen atoms in total. The molecule has 0 aliphatic carbocycles. The van der Waals surface area contributed by atoms with Crippen LogP contribution < -0.4 is 10.6 Å². The number of hydrogen-bond donors (Lipinski definition) is 1. The zero-order chi connectivity index (χ0) is 23.5. The predicted molar refractivity (Wildman–Crippen MR) is 138 cm³/mol. The summed E-state index contributed by atoms with van der Waals surface area (Å²) in [5.41, 5.74) is 11.7. The molecule has 168 valence electrons. The number of morpholine rings is 1. The summed E-state index contributed by atoms with van der Waals surface area (Å²) in [7, 11) is 0. The Bertz CT molecular complexity index is 1360. The first-order valence-electron chi connectivity index (χ1n) is 11.0. The van der Waals surface area contributed by atoms with Crippen LogP contribution in [0.1, 0.15) is 5.56 Å². The van der Waals surface area contributed by atoms with Crippen LogP contribution in [0.15, 0.2) is 77.4 Å². The highest BCUT2D eigenvalue weighted by atomic mass is 79.9. The SMILES string of the molecule is N#Cc1c(N)nc(-c2ccc(N3CCOCC3)nc2)c(-c2ccccc2)c1-c1cccc(Br)c1. The van der Waals surface area contributed by atoms with Crippen LogP contribution in [0.25, 0.3) is 33.5 Å². The largest absolute Gasteiger partial charge is 0.383 e. The van der Waals surface area contributed by atoms with Gasteiger partial charge in [-0.2, -0.15) is 5.26 Å². The van der Waals surface area contributed by atoms with Gasteiger partial charge in [0.15, 0.2) is 0 Å². The normalized spacial score (nSPS) is 13.5. The van der Waals surface area contributed by atoms with Gasteiger partial charge in [-0.15, -0.1) is 0 Å². The van der Waals surface area contributed by atoms with Crippen LogP contribution >= 0.6 is 15.9 Å². The highest BCUT2D eigenvalue weighted by Gasteiger charge is 2.23. The van der Waals surface area contributed by atoms with Crippen LogP contribution in [0, 0.1) is 11.3 Å². The molecule has 0 atom stereocenters. The molecular weight excluding hydrogens is 490 g/mol. The highest BCUT2D eigenvalue weighted by molar-refractivity contribution is 9.10. The zero-order valence-electron chi connectivity index (χ0n) is 18.4. The van der Waals surface area contributed by atoms with Crippen molar-refractivity contribution >= 4 is 27.6 Å². The first kappa shape index (κ1) is 22.1. The number of ether oxygens (including phenoxy) is 1. The zero-order valence-corrected chi connectivity index (χ0v) is 20.0. The molecule has 0 amide bonds. The van der Waals surface area contributed by atoms with Gasteiger partial charge in [0.2, 0.25) is 0 Å². The third-order valence-electron chi connectivity index (χ3n) is 5.87. The fraction of sp³-hybridized carbons (Fsp3) is 0.148. The van der Waals surface area contributed by atoms with Gasteiger partial charge < -0.3 is 15.4 Å². The lowest BCUT2D eigenvalue weighted by Gasteiger charge is -2.27. The average molecular weight is 512 g/mol. The predicted octanol–water partition coefficient (Wildman–Crippen LogP) is 5.53. The van der Waals surface area contributed by atoms with Crippen molar-refractivity contribution in [2.75, 3.05) is 36.9 Å². The smallest absolute Gasteiger partial charge is 0.142 e. The minimum atomic E-state index is 0.199. The number of anilines is 2. The molecule has 5 rings (SSSR count). The van der Waals surface area contributed by atoms with E-state index in [1.165, 1.54) is 0 Å². The number of nitriles is 1. The molecule has 3 heterocycles. The number of nitrogens with zero attached hydrogens (tertiary/aromatic N) is 4. The molecule has 1 aliphatic heterocycles. The van der Waals surface area contributed by atoms with Gasteiger partial charge in [-0.3, -0.25) is 0 Å². The number of pyridine rings is 2. The number of hydrogen-bond acceptors (Lipinski definition) is 6. The Morgan fingerprint density at radius 2 is 1.68 bits per heavy atom. The molecule has 2 aromatic carbocycles. The van der Waals surface area contributed by atoms with Crippen molar-refractivity contribution in [3.63, 3.8) is 0 Å². The quantitative estimate of drug-likeness (QED) is 0.387. The van der Waals surface area contributed by atoms with Gasteiger partial charge in [-0.25, -0.2) is 9.97 Å². The Kier molecular flexibility index (Phi) is 6.26. The topological polar surface area (TPSA) is 88.1 Å². The first-order chi connectivity index (χ1) is 16.7. The summed E-state index contributed by atoms with van der Waals surface area (Å²) in [5, 5.41) is 10.0. The third-order valence-corrected chi connectivity index (χ3v) is 6.36. The monoisotopic (exact) mass is 511 g/mol. The maximum absolute atomic E-state index is 10.0. The molecule has 0 spiro atoms. The molecule has 0 bridgehead atoms. The van der Waals surface area contributed by atoms with E-state index in [2.05, 4.69) is 26.9 Å². The van der Waals surface area contributed by atoms with Crippen molar-refractivity contribution in [3.8, 4) is 39.6 Å². The maximum atomic E-state index is 10.0. The number of nitrogen functional groups attached to an aromatic ring is 1. The van der Waals surface area contributed by atoms with Crippen molar-refractivity contribution in [2.45, 2.75) is 0 Å². The van der Waals surface area contributed by atoms with E-state index in [0.717, 1.165) is 51.2 Å². The second kappa shape index (κ2) is 9.64. The van der Waals surface area contributed by atoms with Crippen LogP contribution in [-0.4, -0.2) is 36.3 Å². The van der Waals surface area contributed by atoms with E-state index < -0.39 is 0 Å². The molecule has 1 aliphatic rings. The van der Waals surface area contributed by atoms with Gasteiger partial charge >= 0.3 is 0 Å². The first-order valence-corrected chi connectivity index (χ1v) is 11.8. The summed E-state index contributed by atoms with van der Waals surface area (Å²) >= 11 is 3.56. The van der Waals surface area contributed by atoms with Crippen LogP contribution in [0.4, 0.5) is 11.6 Å². The second-order valence-corrected chi connectivity index (χ2v) is 8.88. The Balaban J connectivity index is 1.74. The lowest BCUT2D eigenvalue weighted by atomic mass is 9.88. The second-order valence-electron chi connectivity index (χ2n) is 7.96. The molecule has 1 fully saturated rings.